The predicted molar refractivity (Wildman–Crippen MR) is 66.8 cm³/mol. The molecule has 1 aliphatic rings. The normalized spacial score (nSPS) is 13.6. The van der Waals surface area contributed by atoms with E-state index in [2.05, 4.69) is 15.4 Å². The Balaban J connectivity index is 2.00. The number of aromatic nitrogens is 3. The van der Waals surface area contributed by atoms with E-state index in [4.69, 9.17) is 14.9 Å². The van der Waals surface area contributed by atoms with E-state index >= 15 is 0 Å². The molecule has 0 saturated carbocycles. The van der Waals surface area contributed by atoms with Crippen molar-refractivity contribution in [3.8, 4) is 11.6 Å². The molecule has 0 unspecified atom stereocenters. The molecule has 2 aromatic rings. The molecule has 20 heavy (non-hydrogen) atoms. The van der Waals surface area contributed by atoms with E-state index in [9.17, 15) is 9.59 Å². The first-order chi connectivity index (χ1) is 9.67. The zero-order chi connectivity index (χ0) is 14.1. The zero-order valence-corrected chi connectivity index (χ0v) is 10.3. The van der Waals surface area contributed by atoms with E-state index in [0.29, 0.717) is 18.7 Å². The summed E-state index contributed by atoms with van der Waals surface area (Å²) in [5, 5.41) is 6.53. The Morgan fingerprint density at radius 1 is 1.40 bits per heavy atom. The van der Waals surface area contributed by atoms with E-state index in [1.165, 1.54) is 0 Å². The second-order valence-electron chi connectivity index (χ2n) is 4.07. The third kappa shape index (κ3) is 2.14. The first-order valence-corrected chi connectivity index (χ1v) is 5.90. The Morgan fingerprint density at radius 2 is 2.25 bits per heavy atom. The fraction of sp³-hybridized carbons (Fsp3) is 0.273. The van der Waals surface area contributed by atoms with Gasteiger partial charge in [0.2, 0.25) is 5.89 Å². The molecule has 0 saturated heterocycles. The highest BCUT2D eigenvalue weighted by Crippen LogP contribution is 2.25. The van der Waals surface area contributed by atoms with Crippen molar-refractivity contribution in [2.45, 2.75) is 6.42 Å². The van der Waals surface area contributed by atoms with Gasteiger partial charge < -0.3 is 20.2 Å². The van der Waals surface area contributed by atoms with Crippen molar-refractivity contribution in [1.82, 2.24) is 14.8 Å². The molecule has 1 amide bonds. The maximum Gasteiger partial charge on any atom is 0.443 e. The molecule has 104 valence electrons. The van der Waals surface area contributed by atoms with Crippen LogP contribution in [0.3, 0.4) is 0 Å². The summed E-state index contributed by atoms with van der Waals surface area (Å²) in [5.74, 6) is 0.174. The summed E-state index contributed by atoms with van der Waals surface area (Å²) in [7, 11) is 0. The standard InChI is InChI=1S/C11H11N5O4/c12-4-3-9-15-16(11(18)20-9)7-2-1-6-10(13-7)14-8(17)5-19-6/h1-2H,3-5,12H2,(H,13,14,17). The van der Waals surface area contributed by atoms with Gasteiger partial charge >= 0.3 is 5.76 Å². The topological polar surface area (TPSA) is 125 Å². The molecule has 0 aromatic carbocycles. The van der Waals surface area contributed by atoms with Crippen LogP contribution in [-0.4, -0.2) is 33.8 Å². The van der Waals surface area contributed by atoms with Gasteiger partial charge in [-0.1, -0.05) is 0 Å². The van der Waals surface area contributed by atoms with Crippen molar-refractivity contribution in [2.75, 3.05) is 18.5 Å². The minimum absolute atomic E-state index is 0.0570. The summed E-state index contributed by atoms with van der Waals surface area (Å²) < 4.78 is 11.1. The Hall–Kier alpha value is -2.68. The van der Waals surface area contributed by atoms with Crippen LogP contribution in [0.5, 0.6) is 5.75 Å². The Morgan fingerprint density at radius 3 is 3.05 bits per heavy atom. The van der Waals surface area contributed by atoms with Crippen LogP contribution in [0.15, 0.2) is 21.3 Å². The van der Waals surface area contributed by atoms with Crippen molar-refractivity contribution in [2.24, 2.45) is 5.73 Å². The molecule has 0 bridgehead atoms. The number of nitrogens with zero attached hydrogens (tertiary/aromatic N) is 3. The second-order valence-corrected chi connectivity index (χ2v) is 4.07. The molecular formula is C11H11N5O4. The average Bonchev–Trinajstić information content (AvgIpc) is 2.79. The first kappa shape index (κ1) is 12.4. The summed E-state index contributed by atoms with van der Waals surface area (Å²) >= 11 is 0. The van der Waals surface area contributed by atoms with Crippen LogP contribution in [0.1, 0.15) is 5.89 Å². The van der Waals surface area contributed by atoms with Crippen LogP contribution in [0.2, 0.25) is 0 Å². The third-order valence-corrected chi connectivity index (χ3v) is 2.62. The highest BCUT2D eigenvalue weighted by atomic mass is 16.5. The third-order valence-electron chi connectivity index (χ3n) is 2.62. The minimum Gasteiger partial charge on any atom is -0.480 e. The van der Waals surface area contributed by atoms with E-state index in [0.717, 1.165) is 4.68 Å². The summed E-state index contributed by atoms with van der Waals surface area (Å²) in [6.07, 6.45) is 0.354. The van der Waals surface area contributed by atoms with Crippen molar-refractivity contribution >= 4 is 11.7 Å². The van der Waals surface area contributed by atoms with Gasteiger partial charge in [0.25, 0.3) is 5.91 Å². The number of ether oxygens (including phenoxy) is 1. The van der Waals surface area contributed by atoms with Crippen LogP contribution >= 0.6 is 0 Å². The number of nitrogens with two attached hydrogens (primary N) is 1. The van der Waals surface area contributed by atoms with Crippen molar-refractivity contribution in [1.29, 1.82) is 0 Å². The molecule has 9 heteroatoms. The van der Waals surface area contributed by atoms with Gasteiger partial charge in [-0.25, -0.2) is 9.78 Å². The molecular weight excluding hydrogens is 266 g/mol. The lowest BCUT2D eigenvalue weighted by Gasteiger charge is -2.16. The average molecular weight is 277 g/mol. The molecule has 0 aliphatic carbocycles. The Labute approximate surface area is 112 Å². The fourth-order valence-corrected chi connectivity index (χ4v) is 1.76. The summed E-state index contributed by atoms with van der Waals surface area (Å²) in [6, 6.07) is 3.15. The lowest BCUT2D eigenvalue weighted by Crippen LogP contribution is -2.27. The van der Waals surface area contributed by atoms with Crippen LogP contribution < -0.4 is 21.5 Å². The molecule has 3 rings (SSSR count). The highest BCUT2D eigenvalue weighted by Gasteiger charge is 2.19. The van der Waals surface area contributed by atoms with Crippen LogP contribution in [0, 0.1) is 0 Å². The predicted octanol–water partition coefficient (Wildman–Crippen LogP) is -0.947. The number of rotatable bonds is 3. The first-order valence-electron chi connectivity index (χ1n) is 5.90. The monoisotopic (exact) mass is 277 g/mol. The van der Waals surface area contributed by atoms with E-state index in [1.807, 2.05) is 0 Å². The van der Waals surface area contributed by atoms with Crippen molar-refractivity contribution < 1.29 is 13.9 Å². The van der Waals surface area contributed by atoms with Gasteiger partial charge in [-0.2, -0.15) is 0 Å². The maximum absolute atomic E-state index is 11.7. The molecule has 0 fully saturated rings. The van der Waals surface area contributed by atoms with Crippen molar-refractivity contribution in [3.63, 3.8) is 0 Å². The van der Waals surface area contributed by atoms with Crippen LogP contribution in [0.25, 0.3) is 5.82 Å². The molecule has 9 nitrogen and oxygen atoms in total. The largest absolute Gasteiger partial charge is 0.480 e. The smallest absolute Gasteiger partial charge is 0.443 e. The zero-order valence-electron chi connectivity index (χ0n) is 10.3. The minimum atomic E-state index is -0.663. The molecule has 2 aromatic heterocycles. The SMILES string of the molecule is NCCc1nn(-c2ccc3c(n2)NC(=O)CO3)c(=O)o1. The summed E-state index contributed by atoms with van der Waals surface area (Å²) in [6.45, 7) is 0.264. The Bertz CT molecular complexity index is 720. The fourth-order valence-electron chi connectivity index (χ4n) is 1.76. The van der Waals surface area contributed by atoms with Gasteiger partial charge in [0, 0.05) is 13.0 Å². The summed E-state index contributed by atoms with van der Waals surface area (Å²) in [5.41, 5.74) is 5.37. The molecule has 0 spiro atoms. The number of carbonyl (C=O) groups excluding carboxylic acids is 1. The van der Waals surface area contributed by atoms with Gasteiger partial charge in [-0.05, 0) is 12.1 Å². The Kier molecular flexibility index (Phi) is 2.95. The van der Waals surface area contributed by atoms with Gasteiger partial charge in [0.05, 0.1) is 0 Å². The van der Waals surface area contributed by atoms with Gasteiger partial charge in [-0.3, -0.25) is 4.79 Å². The van der Waals surface area contributed by atoms with E-state index in [1.54, 1.807) is 12.1 Å². The highest BCUT2D eigenvalue weighted by molar-refractivity contribution is 5.94. The lowest BCUT2D eigenvalue weighted by atomic mass is 10.3. The molecule has 1 aliphatic heterocycles. The number of carbonyl (C=O) groups is 1. The summed E-state index contributed by atoms with van der Waals surface area (Å²) in [4.78, 5) is 27.0. The molecule has 3 N–H and O–H groups in total. The lowest BCUT2D eigenvalue weighted by molar-refractivity contribution is -0.118. The number of pyridine rings is 1. The van der Waals surface area contributed by atoms with Gasteiger partial charge in [-0.15, -0.1) is 9.78 Å². The molecule has 0 radical (unpaired) electrons. The molecule has 3 heterocycles. The number of anilines is 1. The number of hydrogen-bond acceptors (Lipinski definition) is 7. The van der Waals surface area contributed by atoms with E-state index < -0.39 is 5.76 Å². The van der Waals surface area contributed by atoms with Crippen molar-refractivity contribution in [3.05, 3.63) is 28.6 Å². The number of hydrogen-bond donors (Lipinski definition) is 2. The number of nitrogens with one attached hydrogen (secondary N) is 1. The maximum atomic E-state index is 11.7. The van der Waals surface area contributed by atoms with Gasteiger partial charge in [0.15, 0.2) is 24.0 Å². The van der Waals surface area contributed by atoms with Crippen LogP contribution in [-0.2, 0) is 11.2 Å². The second kappa shape index (κ2) is 4.78. The van der Waals surface area contributed by atoms with E-state index in [-0.39, 0.29) is 30.0 Å². The van der Waals surface area contributed by atoms with Gasteiger partial charge in [0.1, 0.15) is 0 Å². The quantitative estimate of drug-likeness (QED) is 0.741. The number of fused-ring (bicyclic) bond motifs is 1. The number of amides is 1. The van der Waals surface area contributed by atoms with Crippen LogP contribution in [0.4, 0.5) is 5.82 Å². The molecule has 0 atom stereocenters.